The first-order chi connectivity index (χ1) is 11.8. The van der Waals surface area contributed by atoms with E-state index in [0.717, 1.165) is 22.2 Å². The van der Waals surface area contributed by atoms with E-state index in [1.807, 2.05) is 65.5 Å². The molecule has 2 N–H and O–H groups in total. The molecule has 4 aromatic rings. The third-order valence-electron chi connectivity index (χ3n) is 3.80. The van der Waals surface area contributed by atoms with Crippen LogP contribution in [-0.4, -0.2) is 25.9 Å². The molecule has 0 spiro atoms. The zero-order valence-corrected chi connectivity index (χ0v) is 12.8. The molecule has 0 saturated carbocycles. The molecule has 2 heterocycles. The molecule has 2 aromatic heterocycles. The number of anilines is 1. The molecular weight excluding hydrogens is 302 g/mol. The van der Waals surface area contributed by atoms with Gasteiger partial charge in [0.05, 0.1) is 12.1 Å². The van der Waals surface area contributed by atoms with Crippen LogP contribution >= 0.6 is 0 Å². The fraction of sp³-hybridized carbons (Fsp3) is 0.0556. The number of carbonyl (C=O) groups is 1. The number of hydrogen-bond donors (Lipinski definition) is 2. The Morgan fingerprint density at radius 2 is 1.92 bits per heavy atom. The molecule has 2 aromatic carbocycles. The number of benzene rings is 2. The maximum atomic E-state index is 12.4. The molecule has 0 radical (unpaired) electrons. The van der Waals surface area contributed by atoms with E-state index >= 15 is 0 Å². The molecule has 6 nitrogen and oxygen atoms in total. The van der Waals surface area contributed by atoms with E-state index in [2.05, 4.69) is 20.6 Å². The van der Waals surface area contributed by atoms with Crippen LogP contribution in [0.3, 0.4) is 0 Å². The summed E-state index contributed by atoms with van der Waals surface area (Å²) in [5.74, 6) is -0.229. The van der Waals surface area contributed by atoms with E-state index in [1.54, 1.807) is 6.20 Å². The number of aromatic nitrogens is 4. The number of rotatable bonds is 4. The fourth-order valence-corrected chi connectivity index (χ4v) is 2.60. The Morgan fingerprint density at radius 1 is 1.08 bits per heavy atom. The zero-order valence-electron chi connectivity index (χ0n) is 12.8. The van der Waals surface area contributed by atoms with Crippen molar-refractivity contribution in [1.82, 2.24) is 20.0 Å². The average Bonchev–Trinajstić information content (AvgIpc) is 3.26. The smallest absolute Gasteiger partial charge is 0.276 e. The molecule has 0 aliphatic rings. The molecule has 0 bridgehead atoms. The Kier molecular flexibility index (Phi) is 3.55. The maximum absolute atomic E-state index is 12.4. The van der Waals surface area contributed by atoms with E-state index in [-0.39, 0.29) is 5.91 Å². The minimum Gasteiger partial charge on any atom is -0.321 e. The van der Waals surface area contributed by atoms with Crippen LogP contribution in [0.1, 0.15) is 16.1 Å². The molecule has 0 unspecified atom stereocenters. The molecule has 4 rings (SSSR count). The van der Waals surface area contributed by atoms with Crippen LogP contribution in [0.15, 0.2) is 67.0 Å². The predicted molar refractivity (Wildman–Crippen MR) is 91.8 cm³/mol. The lowest BCUT2D eigenvalue weighted by Crippen LogP contribution is -2.12. The van der Waals surface area contributed by atoms with Crippen molar-refractivity contribution >= 4 is 22.5 Å². The standard InChI is InChI=1S/C18H15N5O/c24-18(17-15-4-1-2-5-16(15)21-22-17)20-14-8-6-13(7-9-14)12-23-11-3-10-19-23/h1-11H,12H2,(H,20,24)(H,21,22). The number of para-hydroxylation sites is 1. The van der Waals surface area contributed by atoms with E-state index < -0.39 is 0 Å². The van der Waals surface area contributed by atoms with Gasteiger partial charge in [-0.15, -0.1) is 0 Å². The number of aromatic amines is 1. The van der Waals surface area contributed by atoms with Crippen LogP contribution < -0.4 is 5.32 Å². The van der Waals surface area contributed by atoms with Crippen LogP contribution in [0.25, 0.3) is 10.9 Å². The molecule has 0 aliphatic heterocycles. The van der Waals surface area contributed by atoms with Gasteiger partial charge in [0.25, 0.3) is 5.91 Å². The Bertz CT molecular complexity index is 970. The van der Waals surface area contributed by atoms with Gasteiger partial charge in [-0.3, -0.25) is 14.6 Å². The second-order valence-corrected chi connectivity index (χ2v) is 5.47. The molecule has 0 atom stereocenters. The molecule has 118 valence electrons. The number of carbonyl (C=O) groups excluding carboxylic acids is 1. The first-order valence-electron chi connectivity index (χ1n) is 7.60. The lowest BCUT2D eigenvalue weighted by atomic mass is 10.2. The molecule has 0 saturated heterocycles. The van der Waals surface area contributed by atoms with Crippen LogP contribution in [-0.2, 0) is 6.54 Å². The Hall–Kier alpha value is -3.41. The van der Waals surface area contributed by atoms with Gasteiger partial charge in [0.15, 0.2) is 5.69 Å². The quantitative estimate of drug-likeness (QED) is 0.607. The number of hydrogen-bond acceptors (Lipinski definition) is 3. The molecule has 1 amide bonds. The molecule has 6 heteroatoms. The van der Waals surface area contributed by atoms with Gasteiger partial charge in [-0.2, -0.15) is 10.2 Å². The van der Waals surface area contributed by atoms with Gasteiger partial charge in [0, 0.05) is 23.5 Å². The van der Waals surface area contributed by atoms with Gasteiger partial charge in [-0.1, -0.05) is 30.3 Å². The second kappa shape index (κ2) is 6.00. The highest BCUT2D eigenvalue weighted by atomic mass is 16.1. The highest BCUT2D eigenvalue weighted by Crippen LogP contribution is 2.17. The summed E-state index contributed by atoms with van der Waals surface area (Å²) in [4.78, 5) is 12.4. The van der Waals surface area contributed by atoms with Crippen molar-refractivity contribution in [2.45, 2.75) is 6.54 Å². The van der Waals surface area contributed by atoms with Gasteiger partial charge in [-0.05, 0) is 29.8 Å². The highest BCUT2D eigenvalue weighted by Gasteiger charge is 2.13. The van der Waals surface area contributed by atoms with Crippen molar-refractivity contribution < 1.29 is 4.79 Å². The number of nitrogens with one attached hydrogen (secondary N) is 2. The number of fused-ring (bicyclic) bond motifs is 1. The summed E-state index contributed by atoms with van der Waals surface area (Å²) in [5, 5.41) is 14.8. The summed E-state index contributed by atoms with van der Waals surface area (Å²) >= 11 is 0. The average molecular weight is 317 g/mol. The van der Waals surface area contributed by atoms with Crippen molar-refractivity contribution in [2.75, 3.05) is 5.32 Å². The third kappa shape index (κ3) is 2.77. The van der Waals surface area contributed by atoms with E-state index in [0.29, 0.717) is 12.2 Å². The van der Waals surface area contributed by atoms with Crippen molar-refractivity contribution in [3.63, 3.8) is 0 Å². The monoisotopic (exact) mass is 317 g/mol. The summed E-state index contributed by atoms with van der Waals surface area (Å²) in [5.41, 5.74) is 3.08. The van der Waals surface area contributed by atoms with Crippen molar-refractivity contribution in [2.24, 2.45) is 0 Å². The first-order valence-corrected chi connectivity index (χ1v) is 7.60. The topological polar surface area (TPSA) is 75.6 Å². The third-order valence-corrected chi connectivity index (χ3v) is 3.80. The Labute approximate surface area is 138 Å². The van der Waals surface area contributed by atoms with Gasteiger partial charge >= 0.3 is 0 Å². The van der Waals surface area contributed by atoms with Gasteiger partial charge < -0.3 is 5.32 Å². The Morgan fingerprint density at radius 3 is 2.71 bits per heavy atom. The number of nitrogens with zero attached hydrogens (tertiary/aromatic N) is 3. The summed E-state index contributed by atoms with van der Waals surface area (Å²) in [6, 6.07) is 17.2. The van der Waals surface area contributed by atoms with Crippen molar-refractivity contribution in [3.8, 4) is 0 Å². The first kappa shape index (κ1) is 14.2. The van der Waals surface area contributed by atoms with Crippen LogP contribution in [0.5, 0.6) is 0 Å². The van der Waals surface area contributed by atoms with Gasteiger partial charge in [0.1, 0.15) is 0 Å². The molecule has 0 fully saturated rings. The lowest BCUT2D eigenvalue weighted by Gasteiger charge is -2.06. The molecule has 24 heavy (non-hydrogen) atoms. The van der Waals surface area contributed by atoms with E-state index in [1.165, 1.54) is 0 Å². The minimum absolute atomic E-state index is 0.229. The number of H-pyrrole nitrogens is 1. The lowest BCUT2D eigenvalue weighted by molar-refractivity contribution is 0.102. The van der Waals surface area contributed by atoms with Gasteiger partial charge in [-0.25, -0.2) is 0 Å². The molecule has 0 aliphatic carbocycles. The summed E-state index contributed by atoms with van der Waals surface area (Å²) < 4.78 is 1.85. The van der Waals surface area contributed by atoms with E-state index in [4.69, 9.17) is 0 Å². The van der Waals surface area contributed by atoms with Crippen molar-refractivity contribution in [3.05, 3.63) is 78.2 Å². The number of amides is 1. The summed E-state index contributed by atoms with van der Waals surface area (Å²) in [6.45, 7) is 0.700. The summed E-state index contributed by atoms with van der Waals surface area (Å²) in [7, 11) is 0. The van der Waals surface area contributed by atoms with Crippen molar-refractivity contribution in [1.29, 1.82) is 0 Å². The summed E-state index contributed by atoms with van der Waals surface area (Å²) in [6.07, 6.45) is 3.67. The highest BCUT2D eigenvalue weighted by molar-refractivity contribution is 6.11. The zero-order chi connectivity index (χ0) is 16.4. The SMILES string of the molecule is O=C(Nc1ccc(Cn2cccn2)cc1)c1n[nH]c2ccccc12. The predicted octanol–water partition coefficient (Wildman–Crippen LogP) is 3.06. The van der Waals surface area contributed by atoms with E-state index in [9.17, 15) is 4.79 Å². The van der Waals surface area contributed by atoms with Crippen LogP contribution in [0.4, 0.5) is 5.69 Å². The van der Waals surface area contributed by atoms with Gasteiger partial charge in [0.2, 0.25) is 0 Å². The fourth-order valence-electron chi connectivity index (χ4n) is 2.60. The van der Waals surface area contributed by atoms with Crippen LogP contribution in [0, 0.1) is 0 Å². The second-order valence-electron chi connectivity index (χ2n) is 5.47. The maximum Gasteiger partial charge on any atom is 0.276 e. The van der Waals surface area contributed by atoms with Crippen LogP contribution in [0.2, 0.25) is 0 Å². The normalized spacial score (nSPS) is 10.8. The largest absolute Gasteiger partial charge is 0.321 e. The minimum atomic E-state index is -0.229. The molecular formula is C18H15N5O. The Balaban J connectivity index is 1.49.